The first kappa shape index (κ1) is 10.3. The van der Waals surface area contributed by atoms with E-state index < -0.39 is 29.5 Å². The molecular weight excluding hydrogens is 215 g/mol. The first-order chi connectivity index (χ1) is 6.76. The van der Waals surface area contributed by atoms with Crippen molar-refractivity contribution in [1.29, 1.82) is 0 Å². The zero-order valence-corrected chi connectivity index (χ0v) is 7.54. The summed E-state index contributed by atoms with van der Waals surface area (Å²) >= 11 is 0. The molecule has 0 atom stereocenters. The number of nitrogens with zero attached hydrogens (tertiary/aromatic N) is 1. The van der Waals surface area contributed by atoms with Gasteiger partial charge in [0.15, 0.2) is 0 Å². The molecule has 15 heavy (non-hydrogen) atoms. The van der Waals surface area contributed by atoms with Gasteiger partial charge in [-0.2, -0.15) is 13.2 Å². The number of hydrogen-bond donors (Lipinski definition) is 1. The lowest BCUT2D eigenvalue weighted by atomic mass is 9.70. The van der Waals surface area contributed by atoms with Gasteiger partial charge in [0.2, 0.25) is 0 Å². The van der Waals surface area contributed by atoms with E-state index in [2.05, 4.69) is 0 Å². The first-order valence-corrected chi connectivity index (χ1v) is 4.37. The van der Waals surface area contributed by atoms with Crippen LogP contribution in [-0.2, 0) is 9.59 Å². The van der Waals surface area contributed by atoms with Crippen molar-refractivity contribution in [3.8, 4) is 0 Å². The fourth-order valence-corrected chi connectivity index (χ4v) is 2.29. The lowest BCUT2D eigenvalue weighted by Crippen LogP contribution is -2.43. The molecule has 84 valence electrons. The van der Waals surface area contributed by atoms with E-state index in [4.69, 9.17) is 5.11 Å². The Morgan fingerprint density at radius 2 is 1.87 bits per heavy atom. The lowest BCUT2D eigenvalue weighted by molar-refractivity contribution is -0.185. The third kappa shape index (κ3) is 1.29. The zero-order chi connectivity index (χ0) is 11.4. The molecule has 1 aliphatic carbocycles. The van der Waals surface area contributed by atoms with Crippen LogP contribution in [0.25, 0.3) is 0 Å². The van der Waals surface area contributed by atoms with Gasteiger partial charge in [-0.15, -0.1) is 0 Å². The van der Waals surface area contributed by atoms with E-state index in [1.165, 1.54) is 0 Å². The van der Waals surface area contributed by atoms with Crippen molar-refractivity contribution >= 4 is 11.9 Å². The minimum absolute atomic E-state index is 0.143. The van der Waals surface area contributed by atoms with Gasteiger partial charge in [0.1, 0.15) is 0 Å². The van der Waals surface area contributed by atoms with Crippen LogP contribution < -0.4 is 0 Å². The third-order valence-electron chi connectivity index (χ3n) is 3.12. The Hall–Kier alpha value is -1.27. The van der Waals surface area contributed by atoms with Gasteiger partial charge in [0.25, 0.3) is 0 Å². The molecule has 0 aromatic heterocycles. The molecule has 4 nitrogen and oxygen atoms in total. The van der Waals surface area contributed by atoms with Crippen molar-refractivity contribution in [1.82, 2.24) is 4.90 Å². The number of carbonyl (C=O) groups excluding carboxylic acids is 1. The predicted molar refractivity (Wildman–Crippen MR) is 40.9 cm³/mol. The molecule has 0 aromatic carbocycles. The highest BCUT2D eigenvalue weighted by Gasteiger charge is 2.64. The van der Waals surface area contributed by atoms with E-state index in [0.717, 1.165) is 0 Å². The Bertz CT molecular complexity index is 333. The highest BCUT2D eigenvalue weighted by Crippen LogP contribution is 2.52. The van der Waals surface area contributed by atoms with Crippen LogP contribution in [0.1, 0.15) is 12.8 Å². The lowest BCUT2D eigenvalue weighted by Gasteiger charge is -2.32. The van der Waals surface area contributed by atoms with Crippen molar-refractivity contribution in [3.63, 3.8) is 0 Å². The molecule has 0 unspecified atom stereocenters. The zero-order valence-electron chi connectivity index (χ0n) is 7.54. The van der Waals surface area contributed by atoms with Gasteiger partial charge in [-0.05, 0) is 12.8 Å². The van der Waals surface area contributed by atoms with Crippen molar-refractivity contribution in [3.05, 3.63) is 0 Å². The molecule has 3 fully saturated rings. The number of halogens is 3. The summed E-state index contributed by atoms with van der Waals surface area (Å²) in [5.41, 5.74) is -1.12. The summed E-state index contributed by atoms with van der Waals surface area (Å²) in [6.07, 6.45) is -4.62. The van der Waals surface area contributed by atoms with E-state index in [0.29, 0.717) is 4.90 Å². The number of carboxylic acids is 1. The molecule has 0 spiro atoms. The van der Waals surface area contributed by atoms with E-state index in [1.54, 1.807) is 0 Å². The second-order valence-corrected chi connectivity index (χ2v) is 4.08. The number of alkyl halides is 3. The Balaban J connectivity index is 2.12. The fraction of sp³-hybridized carbons (Fsp3) is 0.750. The van der Waals surface area contributed by atoms with Crippen LogP contribution in [0, 0.1) is 5.41 Å². The molecule has 0 aromatic rings. The molecular formula is C8H8F3NO3. The van der Waals surface area contributed by atoms with Crippen molar-refractivity contribution in [2.75, 3.05) is 6.54 Å². The summed E-state index contributed by atoms with van der Waals surface area (Å²) in [7, 11) is 0. The number of carboxylic acid groups (broad SMARTS) is 1. The highest BCUT2D eigenvalue weighted by molar-refractivity contribution is 5.86. The van der Waals surface area contributed by atoms with Crippen molar-refractivity contribution < 1.29 is 27.9 Å². The van der Waals surface area contributed by atoms with Crippen LogP contribution in [0.3, 0.4) is 0 Å². The Morgan fingerprint density at radius 1 is 1.33 bits per heavy atom. The van der Waals surface area contributed by atoms with Crippen LogP contribution in [0.4, 0.5) is 13.2 Å². The fourth-order valence-electron chi connectivity index (χ4n) is 2.29. The Kier molecular flexibility index (Phi) is 1.81. The number of carbonyl (C=O) groups is 2. The molecule has 3 aliphatic rings. The van der Waals surface area contributed by atoms with Crippen molar-refractivity contribution in [2.45, 2.75) is 25.1 Å². The summed E-state index contributed by atoms with van der Waals surface area (Å²) in [6, 6.07) is -0.546. The van der Waals surface area contributed by atoms with Crippen LogP contribution in [0.5, 0.6) is 0 Å². The van der Waals surface area contributed by atoms with Gasteiger partial charge in [-0.3, -0.25) is 9.59 Å². The number of hydrogen-bond acceptors (Lipinski definition) is 2. The molecule has 2 heterocycles. The summed E-state index contributed by atoms with van der Waals surface area (Å²) in [5, 5.41) is 8.79. The van der Waals surface area contributed by atoms with Gasteiger partial charge in [0.05, 0.1) is 5.41 Å². The molecule has 3 rings (SSSR count). The summed E-state index contributed by atoms with van der Waals surface area (Å²) in [4.78, 5) is 22.3. The van der Waals surface area contributed by atoms with Crippen LogP contribution in [-0.4, -0.2) is 40.6 Å². The molecule has 2 saturated heterocycles. The molecule has 1 N–H and O–H groups in total. The highest BCUT2D eigenvalue weighted by atomic mass is 19.4. The standard InChI is InChI=1S/C8H8F3NO3/c9-8(10,11)5(13)12-3-7(6(14)15)1-4(12)2-7/h4H,1-3H2,(H,14,15). The Labute approximate surface area is 82.7 Å². The monoisotopic (exact) mass is 223 g/mol. The quantitative estimate of drug-likeness (QED) is 0.709. The molecule has 2 aliphatic heterocycles. The minimum atomic E-state index is -4.91. The summed E-state index contributed by atoms with van der Waals surface area (Å²) < 4.78 is 36.2. The average molecular weight is 223 g/mol. The van der Waals surface area contributed by atoms with Crippen molar-refractivity contribution in [2.24, 2.45) is 5.41 Å². The summed E-state index contributed by atoms with van der Waals surface area (Å²) in [5.74, 6) is -3.04. The first-order valence-electron chi connectivity index (χ1n) is 4.37. The van der Waals surface area contributed by atoms with Gasteiger partial charge in [-0.1, -0.05) is 0 Å². The third-order valence-corrected chi connectivity index (χ3v) is 3.12. The van der Waals surface area contributed by atoms with E-state index in [-0.39, 0.29) is 19.4 Å². The number of amides is 1. The molecule has 2 bridgehead atoms. The van der Waals surface area contributed by atoms with Crippen LogP contribution in [0.2, 0.25) is 0 Å². The maximum atomic E-state index is 12.1. The SMILES string of the molecule is O=C(N1CC2(C(=O)O)CC1C2)C(F)(F)F. The number of aliphatic carboxylic acids is 1. The predicted octanol–water partition coefficient (Wildman–Crippen LogP) is 0.624. The van der Waals surface area contributed by atoms with Gasteiger partial charge in [-0.25, -0.2) is 0 Å². The maximum absolute atomic E-state index is 12.1. The average Bonchev–Trinajstić information content (AvgIpc) is 2.53. The number of fused-ring (bicyclic) bond motifs is 1. The normalized spacial score (nSPS) is 33.8. The van der Waals surface area contributed by atoms with Gasteiger partial charge >= 0.3 is 18.1 Å². The summed E-state index contributed by atoms with van der Waals surface area (Å²) in [6.45, 7) is -0.314. The minimum Gasteiger partial charge on any atom is -0.481 e. The molecule has 1 amide bonds. The maximum Gasteiger partial charge on any atom is 0.471 e. The van der Waals surface area contributed by atoms with E-state index in [9.17, 15) is 22.8 Å². The van der Waals surface area contributed by atoms with Crippen LogP contribution in [0.15, 0.2) is 0 Å². The number of rotatable bonds is 1. The van der Waals surface area contributed by atoms with E-state index >= 15 is 0 Å². The second kappa shape index (κ2) is 2.65. The van der Waals surface area contributed by atoms with Gasteiger partial charge < -0.3 is 10.0 Å². The Morgan fingerprint density at radius 3 is 2.20 bits per heavy atom. The molecule has 7 heteroatoms. The molecule has 1 saturated carbocycles. The largest absolute Gasteiger partial charge is 0.481 e. The van der Waals surface area contributed by atoms with Crippen LogP contribution >= 0.6 is 0 Å². The van der Waals surface area contributed by atoms with E-state index in [1.807, 2.05) is 0 Å². The molecule has 0 radical (unpaired) electrons. The topological polar surface area (TPSA) is 57.6 Å². The second-order valence-electron chi connectivity index (χ2n) is 4.08. The van der Waals surface area contributed by atoms with Gasteiger partial charge in [0, 0.05) is 12.6 Å². The smallest absolute Gasteiger partial charge is 0.471 e.